The van der Waals surface area contributed by atoms with Crippen LogP contribution in [0.15, 0.2) is 18.3 Å². The van der Waals surface area contributed by atoms with Gasteiger partial charge in [0.05, 0.1) is 17.3 Å². The maximum atomic E-state index is 13.0. The fourth-order valence-corrected chi connectivity index (χ4v) is 5.46. The van der Waals surface area contributed by atoms with Crippen molar-refractivity contribution in [3.05, 3.63) is 18.3 Å². The molecule has 4 aliphatic rings. The van der Waals surface area contributed by atoms with Crippen molar-refractivity contribution in [1.82, 2.24) is 4.98 Å². The fraction of sp³-hybridized carbons (Fsp3) is 0.650. The Morgan fingerprint density at radius 2 is 1.64 bits per heavy atom. The topological polar surface area (TPSA) is 71.1 Å². The quantitative estimate of drug-likeness (QED) is 0.874. The van der Waals surface area contributed by atoms with E-state index >= 15 is 0 Å². The second kappa shape index (κ2) is 6.11. The van der Waals surface area contributed by atoms with Gasteiger partial charge in [0.2, 0.25) is 11.8 Å². The molecule has 4 aliphatic carbocycles. The van der Waals surface area contributed by atoms with E-state index in [-0.39, 0.29) is 23.1 Å². The summed E-state index contributed by atoms with van der Waals surface area (Å²) in [5.74, 6) is 2.81. The van der Waals surface area contributed by atoms with E-state index in [2.05, 4.69) is 15.6 Å². The molecule has 5 rings (SSSR count). The summed E-state index contributed by atoms with van der Waals surface area (Å²) < 4.78 is 0. The summed E-state index contributed by atoms with van der Waals surface area (Å²) in [7, 11) is 0. The number of pyridine rings is 1. The molecule has 4 bridgehead atoms. The number of amides is 2. The summed E-state index contributed by atoms with van der Waals surface area (Å²) in [5, 5.41) is 5.86. The number of carbonyl (C=O) groups excluding carboxylic acids is 2. The zero-order valence-corrected chi connectivity index (χ0v) is 15.0. The first-order chi connectivity index (χ1) is 11.9. The largest absolute Gasteiger partial charge is 0.324 e. The standard InChI is InChI=1S/C20H27N3O2/c1-12(2)18(24)23-17-4-3-16(11-21-17)22-19(25)20-8-13-5-14(9-20)7-15(6-13)10-20/h3-4,11-15H,5-10H2,1-2H3,(H,22,25)(H,21,23,24). The third-order valence-corrected chi connectivity index (χ3v) is 6.32. The summed E-state index contributed by atoms with van der Waals surface area (Å²) in [6.45, 7) is 3.69. The van der Waals surface area contributed by atoms with Crippen LogP contribution in [-0.2, 0) is 9.59 Å². The van der Waals surface area contributed by atoms with Crippen molar-refractivity contribution >= 4 is 23.3 Å². The van der Waals surface area contributed by atoms with Crippen LogP contribution in [0.3, 0.4) is 0 Å². The Kier molecular flexibility index (Phi) is 4.05. The van der Waals surface area contributed by atoms with Crippen molar-refractivity contribution < 1.29 is 9.59 Å². The van der Waals surface area contributed by atoms with E-state index in [0.29, 0.717) is 11.5 Å². The number of nitrogens with zero attached hydrogens (tertiary/aromatic N) is 1. The summed E-state index contributed by atoms with van der Waals surface area (Å²) in [6.07, 6.45) is 8.80. The summed E-state index contributed by atoms with van der Waals surface area (Å²) >= 11 is 0. The molecule has 0 unspecified atom stereocenters. The average Bonchev–Trinajstić information content (AvgIpc) is 2.55. The summed E-state index contributed by atoms with van der Waals surface area (Å²) in [6, 6.07) is 3.57. The second-order valence-corrected chi connectivity index (χ2v) is 8.73. The zero-order valence-electron chi connectivity index (χ0n) is 15.0. The molecule has 0 radical (unpaired) electrons. The van der Waals surface area contributed by atoms with Gasteiger partial charge in [-0.3, -0.25) is 9.59 Å². The molecule has 1 heterocycles. The van der Waals surface area contributed by atoms with Gasteiger partial charge in [-0.1, -0.05) is 13.8 Å². The fourth-order valence-electron chi connectivity index (χ4n) is 5.46. The highest BCUT2D eigenvalue weighted by molar-refractivity contribution is 5.96. The van der Waals surface area contributed by atoms with Crippen molar-refractivity contribution in [3.63, 3.8) is 0 Å². The van der Waals surface area contributed by atoms with E-state index in [0.717, 1.165) is 37.0 Å². The van der Waals surface area contributed by atoms with Crippen LogP contribution >= 0.6 is 0 Å². The molecule has 0 saturated heterocycles. The maximum Gasteiger partial charge on any atom is 0.230 e. The smallest absolute Gasteiger partial charge is 0.230 e. The Hall–Kier alpha value is -1.91. The normalized spacial score (nSPS) is 32.7. The van der Waals surface area contributed by atoms with E-state index in [4.69, 9.17) is 0 Å². The number of anilines is 2. The molecular weight excluding hydrogens is 314 g/mol. The molecule has 2 amide bonds. The lowest BCUT2D eigenvalue weighted by Crippen LogP contribution is -2.51. The first-order valence-electron chi connectivity index (χ1n) is 9.52. The molecule has 2 N–H and O–H groups in total. The SMILES string of the molecule is CC(C)C(=O)Nc1ccc(NC(=O)C23CC4CC(CC(C4)C2)C3)cn1. The van der Waals surface area contributed by atoms with Crippen LogP contribution in [0.2, 0.25) is 0 Å². The Labute approximate surface area is 149 Å². The van der Waals surface area contributed by atoms with Crippen LogP contribution in [0.1, 0.15) is 52.4 Å². The molecule has 4 fully saturated rings. The van der Waals surface area contributed by atoms with E-state index in [1.807, 2.05) is 19.9 Å². The first kappa shape index (κ1) is 16.6. The minimum absolute atomic E-state index is 0.0575. The lowest BCUT2D eigenvalue weighted by molar-refractivity contribution is -0.140. The van der Waals surface area contributed by atoms with Gasteiger partial charge in [0.15, 0.2) is 0 Å². The van der Waals surface area contributed by atoms with Crippen LogP contribution in [0.25, 0.3) is 0 Å². The van der Waals surface area contributed by atoms with E-state index in [1.165, 1.54) is 19.3 Å². The Bertz CT molecular complexity index is 645. The van der Waals surface area contributed by atoms with E-state index < -0.39 is 0 Å². The number of aromatic nitrogens is 1. The highest BCUT2D eigenvalue weighted by Gasteiger charge is 2.54. The van der Waals surface area contributed by atoms with Gasteiger partial charge in [0.25, 0.3) is 0 Å². The van der Waals surface area contributed by atoms with Crippen molar-refractivity contribution in [3.8, 4) is 0 Å². The van der Waals surface area contributed by atoms with Gasteiger partial charge in [0.1, 0.15) is 5.82 Å². The van der Waals surface area contributed by atoms with E-state index in [9.17, 15) is 9.59 Å². The average molecular weight is 341 g/mol. The molecular formula is C20H27N3O2. The Morgan fingerprint density at radius 1 is 1.04 bits per heavy atom. The van der Waals surface area contributed by atoms with Crippen LogP contribution in [0.4, 0.5) is 11.5 Å². The highest BCUT2D eigenvalue weighted by Crippen LogP contribution is 2.60. The molecule has 4 saturated carbocycles. The molecule has 0 spiro atoms. The van der Waals surface area contributed by atoms with Gasteiger partial charge in [-0.2, -0.15) is 0 Å². The van der Waals surface area contributed by atoms with Crippen LogP contribution < -0.4 is 10.6 Å². The third kappa shape index (κ3) is 3.16. The van der Waals surface area contributed by atoms with Crippen molar-refractivity contribution in [1.29, 1.82) is 0 Å². The van der Waals surface area contributed by atoms with Crippen LogP contribution in [0, 0.1) is 29.1 Å². The highest BCUT2D eigenvalue weighted by atomic mass is 16.2. The van der Waals surface area contributed by atoms with Crippen LogP contribution in [0.5, 0.6) is 0 Å². The summed E-state index contributed by atoms with van der Waals surface area (Å²) in [5.41, 5.74) is 0.558. The minimum atomic E-state index is -0.153. The Morgan fingerprint density at radius 3 is 2.12 bits per heavy atom. The number of hydrogen-bond donors (Lipinski definition) is 2. The summed E-state index contributed by atoms with van der Waals surface area (Å²) in [4.78, 5) is 29.0. The van der Waals surface area contributed by atoms with Crippen LogP contribution in [-0.4, -0.2) is 16.8 Å². The second-order valence-electron chi connectivity index (χ2n) is 8.73. The molecule has 1 aromatic rings. The molecule has 5 nitrogen and oxygen atoms in total. The number of nitrogens with one attached hydrogen (secondary N) is 2. The Balaban J connectivity index is 1.42. The van der Waals surface area contributed by atoms with Gasteiger partial charge >= 0.3 is 0 Å². The minimum Gasteiger partial charge on any atom is -0.324 e. The third-order valence-electron chi connectivity index (χ3n) is 6.32. The molecule has 0 aromatic carbocycles. The van der Waals surface area contributed by atoms with Gasteiger partial charge in [0, 0.05) is 5.92 Å². The van der Waals surface area contributed by atoms with Gasteiger partial charge < -0.3 is 10.6 Å². The molecule has 0 aliphatic heterocycles. The monoisotopic (exact) mass is 341 g/mol. The lowest BCUT2D eigenvalue weighted by atomic mass is 9.49. The van der Waals surface area contributed by atoms with E-state index in [1.54, 1.807) is 12.3 Å². The molecule has 1 aromatic heterocycles. The molecule has 0 atom stereocenters. The number of hydrogen-bond acceptors (Lipinski definition) is 3. The van der Waals surface area contributed by atoms with Gasteiger partial charge in [-0.15, -0.1) is 0 Å². The first-order valence-corrected chi connectivity index (χ1v) is 9.52. The zero-order chi connectivity index (χ0) is 17.6. The maximum absolute atomic E-state index is 13.0. The molecule has 5 heteroatoms. The molecule has 25 heavy (non-hydrogen) atoms. The van der Waals surface area contributed by atoms with Gasteiger partial charge in [-0.25, -0.2) is 4.98 Å². The molecule has 134 valence electrons. The van der Waals surface area contributed by atoms with Gasteiger partial charge in [-0.05, 0) is 68.4 Å². The van der Waals surface area contributed by atoms with Crippen molar-refractivity contribution in [2.24, 2.45) is 29.1 Å². The number of carbonyl (C=O) groups is 2. The predicted molar refractivity (Wildman–Crippen MR) is 96.9 cm³/mol. The number of rotatable bonds is 4. The van der Waals surface area contributed by atoms with Crippen molar-refractivity contribution in [2.75, 3.05) is 10.6 Å². The van der Waals surface area contributed by atoms with Crippen molar-refractivity contribution in [2.45, 2.75) is 52.4 Å². The lowest BCUT2D eigenvalue weighted by Gasteiger charge is -2.55. The predicted octanol–water partition coefficient (Wildman–Crippen LogP) is 3.83.